The molecule has 30 heavy (non-hydrogen) atoms. The molecular formula is C21H31ClIN5O2. The lowest BCUT2D eigenvalue weighted by Crippen LogP contribution is -2.48. The molecule has 1 aliphatic heterocycles. The van der Waals surface area contributed by atoms with E-state index in [0.717, 1.165) is 53.9 Å². The Morgan fingerprint density at radius 1 is 1.43 bits per heavy atom. The molecule has 1 unspecified atom stereocenters. The highest BCUT2D eigenvalue weighted by atomic mass is 127. The van der Waals surface area contributed by atoms with E-state index in [9.17, 15) is 0 Å². The zero-order valence-electron chi connectivity index (χ0n) is 17.8. The number of guanidine groups is 1. The maximum Gasteiger partial charge on any atom is 0.194 e. The summed E-state index contributed by atoms with van der Waals surface area (Å²) in [5.74, 6) is 1.80. The number of nitrogens with one attached hydrogen (secondary N) is 1. The Labute approximate surface area is 200 Å². The van der Waals surface area contributed by atoms with Gasteiger partial charge in [0.1, 0.15) is 11.9 Å². The average molecular weight is 548 g/mol. The van der Waals surface area contributed by atoms with E-state index in [2.05, 4.69) is 22.2 Å². The van der Waals surface area contributed by atoms with Gasteiger partial charge in [0.05, 0.1) is 26.0 Å². The molecule has 0 bridgehead atoms. The number of morpholine rings is 1. The first-order chi connectivity index (χ1) is 14.1. The summed E-state index contributed by atoms with van der Waals surface area (Å²) in [7, 11) is 1.92. The highest BCUT2D eigenvalue weighted by Gasteiger charge is 2.25. The molecule has 1 fully saturated rings. The summed E-state index contributed by atoms with van der Waals surface area (Å²) in [5, 5.41) is 8.38. The van der Waals surface area contributed by atoms with Crippen LogP contribution in [0.25, 0.3) is 0 Å². The van der Waals surface area contributed by atoms with Crippen LogP contribution in [0.5, 0.6) is 5.75 Å². The summed E-state index contributed by atoms with van der Waals surface area (Å²) >= 11 is 5.99. The van der Waals surface area contributed by atoms with Gasteiger partial charge in [0, 0.05) is 49.9 Å². The van der Waals surface area contributed by atoms with Crippen LogP contribution in [0.2, 0.25) is 5.02 Å². The van der Waals surface area contributed by atoms with Crippen LogP contribution in [0.15, 0.2) is 35.6 Å². The molecule has 1 N–H and O–H groups in total. The summed E-state index contributed by atoms with van der Waals surface area (Å²) in [6, 6.07) is 5.68. The van der Waals surface area contributed by atoms with E-state index in [1.165, 1.54) is 0 Å². The second-order valence-corrected chi connectivity index (χ2v) is 7.54. The van der Waals surface area contributed by atoms with E-state index in [1.807, 2.05) is 44.6 Å². The Balaban J connectivity index is 0.00000320. The number of hydrogen-bond donors (Lipinski definition) is 1. The summed E-state index contributed by atoms with van der Waals surface area (Å²) < 4.78 is 13.6. The van der Waals surface area contributed by atoms with Crippen molar-refractivity contribution in [2.24, 2.45) is 12.0 Å². The fourth-order valence-corrected chi connectivity index (χ4v) is 3.51. The Kier molecular flexibility index (Phi) is 10.2. The van der Waals surface area contributed by atoms with Gasteiger partial charge in [-0.15, -0.1) is 24.0 Å². The molecule has 0 amide bonds. The zero-order valence-corrected chi connectivity index (χ0v) is 20.9. The van der Waals surface area contributed by atoms with Gasteiger partial charge < -0.3 is 19.7 Å². The van der Waals surface area contributed by atoms with Crippen LogP contribution in [0.4, 0.5) is 0 Å². The third-order valence-electron chi connectivity index (χ3n) is 4.76. The molecule has 1 atom stereocenters. The van der Waals surface area contributed by atoms with Gasteiger partial charge in [0.15, 0.2) is 5.96 Å². The van der Waals surface area contributed by atoms with Gasteiger partial charge in [-0.05, 0) is 37.6 Å². The Morgan fingerprint density at radius 3 is 2.97 bits per heavy atom. The standard InChI is InChI=1S/C21H30ClN5O2.HI/c1-4-23-21(24-8-5-10-28-19-7-6-18(22)12-16(19)2)27-9-11-29-20(15-27)17-13-25-26(3)14-17;/h6-7,12-14,20H,4-5,8-11,15H2,1-3H3,(H,23,24);1H. The molecular weight excluding hydrogens is 517 g/mol. The SMILES string of the molecule is CCNC(=NCCCOc1ccc(Cl)cc1C)N1CCOC(c2cnn(C)c2)C1.I. The van der Waals surface area contributed by atoms with Crippen LogP contribution in [0.3, 0.4) is 0 Å². The number of aliphatic imine (C=N–C) groups is 1. The highest BCUT2D eigenvalue weighted by molar-refractivity contribution is 14.0. The minimum absolute atomic E-state index is 0. The molecule has 166 valence electrons. The van der Waals surface area contributed by atoms with E-state index < -0.39 is 0 Å². The van der Waals surface area contributed by atoms with Crippen LogP contribution < -0.4 is 10.1 Å². The second kappa shape index (κ2) is 12.4. The highest BCUT2D eigenvalue weighted by Crippen LogP contribution is 2.22. The van der Waals surface area contributed by atoms with Crippen molar-refractivity contribution >= 4 is 41.5 Å². The van der Waals surface area contributed by atoms with E-state index in [0.29, 0.717) is 19.8 Å². The van der Waals surface area contributed by atoms with E-state index in [-0.39, 0.29) is 30.1 Å². The second-order valence-electron chi connectivity index (χ2n) is 7.10. The molecule has 1 aromatic carbocycles. The van der Waals surface area contributed by atoms with Gasteiger partial charge in [-0.2, -0.15) is 5.10 Å². The van der Waals surface area contributed by atoms with Gasteiger partial charge in [0.2, 0.25) is 0 Å². The smallest absolute Gasteiger partial charge is 0.194 e. The maximum absolute atomic E-state index is 5.99. The largest absolute Gasteiger partial charge is 0.493 e. The van der Waals surface area contributed by atoms with Crippen LogP contribution in [-0.4, -0.2) is 60.0 Å². The van der Waals surface area contributed by atoms with E-state index >= 15 is 0 Å². The molecule has 1 saturated heterocycles. The van der Waals surface area contributed by atoms with Crippen LogP contribution in [0, 0.1) is 6.92 Å². The van der Waals surface area contributed by atoms with Crippen molar-refractivity contribution < 1.29 is 9.47 Å². The average Bonchev–Trinajstić information content (AvgIpc) is 3.15. The lowest BCUT2D eigenvalue weighted by atomic mass is 10.1. The minimum Gasteiger partial charge on any atom is -0.493 e. The summed E-state index contributed by atoms with van der Waals surface area (Å²) in [6.07, 6.45) is 4.73. The number of aromatic nitrogens is 2. The minimum atomic E-state index is 0. The van der Waals surface area contributed by atoms with Crippen LogP contribution in [0.1, 0.15) is 30.6 Å². The summed E-state index contributed by atoms with van der Waals surface area (Å²) in [6.45, 7) is 8.48. The molecule has 0 spiro atoms. The van der Waals surface area contributed by atoms with E-state index in [1.54, 1.807) is 4.68 Å². The number of aryl methyl sites for hydroxylation is 2. The molecule has 1 aliphatic rings. The maximum atomic E-state index is 5.99. The van der Waals surface area contributed by atoms with Crippen LogP contribution in [-0.2, 0) is 11.8 Å². The van der Waals surface area contributed by atoms with Gasteiger partial charge >= 0.3 is 0 Å². The first-order valence-electron chi connectivity index (χ1n) is 10.1. The quantitative estimate of drug-likeness (QED) is 0.247. The normalized spacial score (nSPS) is 16.9. The van der Waals surface area contributed by atoms with Crippen molar-refractivity contribution in [2.45, 2.75) is 26.4 Å². The van der Waals surface area contributed by atoms with Gasteiger partial charge in [-0.25, -0.2) is 0 Å². The third-order valence-corrected chi connectivity index (χ3v) is 4.99. The third kappa shape index (κ3) is 7.02. The predicted octanol–water partition coefficient (Wildman–Crippen LogP) is 3.81. The number of hydrogen-bond acceptors (Lipinski definition) is 4. The van der Waals surface area contributed by atoms with Crippen molar-refractivity contribution in [2.75, 3.05) is 39.4 Å². The molecule has 3 rings (SSSR count). The number of ether oxygens (including phenoxy) is 2. The van der Waals surface area contributed by atoms with Crippen LogP contribution >= 0.6 is 35.6 Å². The molecule has 1 aromatic heterocycles. The lowest BCUT2D eigenvalue weighted by Gasteiger charge is -2.34. The topological polar surface area (TPSA) is 63.9 Å². The van der Waals surface area contributed by atoms with Crippen molar-refractivity contribution in [3.05, 3.63) is 46.7 Å². The number of nitrogens with zero attached hydrogens (tertiary/aromatic N) is 4. The lowest BCUT2D eigenvalue weighted by molar-refractivity contribution is -0.00804. The first kappa shape index (κ1) is 24.7. The first-order valence-corrected chi connectivity index (χ1v) is 10.5. The fraction of sp³-hybridized carbons (Fsp3) is 0.524. The van der Waals surface area contributed by atoms with E-state index in [4.69, 9.17) is 26.1 Å². The number of benzene rings is 1. The van der Waals surface area contributed by atoms with Gasteiger partial charge in [-0.1, -0.05) is 11.6 Å². The summed E-state index contributed by atoms with van der Waals surface area (Å²) in [5.41, 5.74) is 2.14. The van der Waals surface area contributed by atoms with Gasteiger partial charge in [0.25, 0.3) is 0 Å². The Hall–Kier alpha value is -1.52. The fourth-order valence-electron chi connectivity index (χ4n) is 3.28. The van der Waals surface area contributed by atoms with Crippen molar-refractivity contribution in [1.82, 2.24) is 20.0 Å². The molecule has 0 aliphatic carbocycles. The van der Waals surface area contributed by atoms with Crippen molar-refractivity contribution in [3.8, 4) is 5.75 Å². The monoisotopic (exact) mass is 547 g/mol. The summed E-state index contributed by atoms with van der Waals surface area (Å²) in [4.78, 5) is 7.05. The molecule has 7 nitrogen and oxygen atoms in total. The zero-order chi connectivity index (χ0) is 20.6. The number of halogens is 2. The number of rotatable bonds is 7. The van der Waals surface area contributed by atoms with Crippen molar-refractivity contribution in [1.29, 1.82) is 0 Å². The van der Waals surface area contributed by atoms with Gasteiger partial charge in [-0.3, -0.25) is 9.67 Å². The molecule has 0 saturated carbocycles. The molecule has 2 heterocycles. The molecule has 2 aromatic rings. The molecule has 0 radical (unpaired) electrons. The molecule has 9 heteroatoms. The van der Waals surface area contributed by atoms with Crippen molar-refractivity contribution in [3.63, 3.8) is 0 Å². The Bertz CT molecular complexity index is 829. The Morgan fingerprint density at radius 2 is 2.27 bits per heavy atom. The predicted molar refractivity (Wildman–Crippen MR) is 131 cm³/mol.